The summed E-state index contributed by atoms with van der Waals surface area (Å²) >= 11 is 0. The van der Waals surface area contributed by atoms with Gasteiger partial charge in [0, 0.05) is 42.9 Å². The molecule has 3 aromatic rings. The van der Waals surface area contributed by atoms with Gasteiger partial charge in [0.25, 0.3) is 0 Å². The van der Waals surface area contributed by atoms with E-state index in [1.807, 2.05) is 25.2 Å². The van der Waals surface area contributed by atoms with Gasteiger partial charge in [-0.2, -0.15) is 0 Å². The molecule has 0 saturated carbocycles. The minimum Gasteiger partial charge on any atom is -0.357 e. The molecule has 2 aromatic heterocycles. The third kappa shape index (κ3) is 3.74. The minimum absolute atomic E-state index is 0.0249. The molecule has 5 nitrogen and oxygen atoms in total. The van der Waals surface area contributed by atoms with Gasteiger partial charge < -0.3 is 4.98 Å². The summed E-state index contributed by atoms with van der Waals surface area (Å²) in [5.41, 5.74) is 3.69. The lowest BCUT2D eigenvalue weighted by Crippen LogP contribution is -2.43. The van der Waals surface area contributed by atoms with Gasteiger partial charge in [0.15, 0.2) is 0 Å². The van der Waals surface area contributed by atoms with Gasteiger partial charge in [-0.05, 0) is 56.1 Å². The van der Waals surface area contributed by atoms with Gasteiger partial charge in [0.05, 0.1) is 5.92 Å². The zero-order chi connectivity index (χ0) is 18.8. The van der Waals surface area contributed by atoms with Crippen molar-refractivity contribution in [1.82, 2.24) is 14.9 Å². The molecule has 27 heavy (non-hydrogen) atoms. The van der Waals surface area contributed by atoms with E-state index in [9.17, 15) is 4.79 Å². The summed E-state index contributed by atoms with van der Waals surface area (Å²) in [4.78, 5) is 24.8. The van der Waals surface area contributed by atoms with Gasteiger partial charge in [0.2, 0.25) is 5.91 Å². The molecule has 1 atom stereocenters. The molecule has 1 aliphatic heterocycles. The molecule has 4 rings (SSSR count). The highest BCUT2D eigenvalue weighted by Gasteiger charge is 2.29. The molecule has 1 fully saturated rings. The summed E-state index contributed by atoms with van der Waals surface area (Å²) < 4.78 is 0. The number of carbonyl (C=O) groups excluding carboxylic acids is 1. The highest BCUT2D eigenvalue weighted by molar-refractivity contribution is 5.93. The third-order valence-corrected chi connectivity index (χ3v) is 5.51. The lowest BCUT2D eigenvalue weighted by molar-refractivity contribution is -0.123. The number of aromatic amines is 1. The predicted octanol–water partition coefficient (Wildman–Crippen LogP) is 3.75. The molecule has 1 amide bonds. The van der Waals surface area contributed by atoms with Crippen molar-refractivity contribution in [1.29, 1.82) is 0 Å². The number of H-pyrrole nitrogens is 1. The Bertz CT molecular complexity index is 934. The van der Waals surface area contributed by atoms with Gasteiger partial charge in [-0.3, -0.25) is 14.6 Å². The van der Waals surface area contributed by atoms with Gasteiger partial charge in [-0.1, -0.05) is 18.2 Å². The Morgan fingerprint density at radius 1 is 1.30 bits per heavy atom. The molecular weight excluding hydrogens is 336 g/mol. The van der Waals surface area contributed by atoms with Crippen molar-refractivity contribution >= 4 is 22.6 Å². The van der Waals surface area contributed by atoms with Crippen molar-refractivity contribution in [2.75, 3.05) is 25.0 Å². The first-order valence-electron chi connectivity index (χ1n) is 9.60. The summed E-state index contributed by atoms with van der Waals surface area (Å²) in [5, 5.41) is 1.28. The average Bonchev–Trinajstić information content (AvgIpc) is 3.11. The van der Waals surface area contributed by atoms with E-state index in [4.69, 9.17) is 0 Å². The van der Waals surface area contributed by atoms with E-state index in [-0.39, 0.29) is 11.8 Å². The normalized spacial score (nSPS) is 17.9. The Morgan fingerprint density at radius 2 is 2.19 bits per heavy atom. The summed E-state index contributed by atoms with van der Waals surface area (Å²) in [7, 11) is 1.82. The first-order chi connectivity index (χ1) is 13.1. The largest absolute Gasteiger partial charge is 0.357 e. The number of rotatable bonds is 4. The van der Waals surface area contributed by atoms with Gasteiger partial charge in [0.1, 0.15) is 5.82 Å². The van der Waals surface area contributed by atoms with E-state index >= 15 is 0 Å². The molecule has 1 aliphatic rings. The number of nitrogens with one attached hydrogen (secondary N) is 1. The molecule has 5 heteroatoms. The number of piperidine rings is 1. The lowest BCUT2D eigenvalue weighted by atomic mass is 9.96. The number of nitrogens with zero attached hydrogens (tertiary/aromatic N) is 3. The van der Waals surface area contributed by atoms with Crippen LogP contribution in [0, 0.1) is 12.8 Å². The quantitative estimate of drug-likeness (QED) is 0.769. The molecule has 1 unspecified atom stereocenters. The van der Waals surface area contributed by atoms with Crippen LogP contribution in [0.25, 0.3) is 10.9 Å². The summed E-state index contributed by atoms with van der Waals surface area (Å²) in [5.74, 6) is 0.897. The van der Waals surface area contributed by atoms with Crippen molar-refractivity contribution in [2.45, 2.75) is 26.3 Å². The van der Waals surface area contributed by atoms with Crippen LogP contribution in [0.3, 0.4) is 0 Å². The van der Waals surface area contributed by atoms with Crippen LogP contribution in [0.2, 0.25) is 0 Å². The Kier molecular flexibility index (Phi) is 4.94. The number of pyridine rings is 1. The number of likely N-dealkylation sites (tertiary alicyclic amines) is 1. The fourth-order valence-corrected chi connectivity index (χ4v) is 4.03. The highest BCUT2D eigenvalue weighted by atomic mass is 16.2. The standard InChI is InChI=1S/C22H26N4O/c1-16-7-5-9-20-19(16)13-18(24-20)15-26-12-6-8-17(14-26)22(27)25(2)21-10-3-4-11-23-21/h3-5,7,9-11,13,17,24H,6,8,12,14-15H2,1-2H3. The molecule has 0 bridgehead atoms. The van der Waals surface area contributed by atoms with Gasteiger partial charge in [-0.15, -0.1) is 0 Å². The minimum atomic E-state index is 0.0249. The molecule has 140 valence electrons. The number of carbonyl (C=O) groups is 1. The number of amides is 1. The van der Waals surface area contributed by atoms with Crippen molar-refractivity contribution in [2.24, 2.45) is 5.92 Å². The fourth-order valence-electron chi connectivity index (χ4n) is 4.03. The lowest BCUT2D eigenvalue weighted by Gasteiger charge is -2.33. The maximum Gasteiger partial charge on any atom is 0.232 e. The van der Waals surface area contributed by atoms with Crippen LogP contribution >= 0.6 is 0 Å². The summed E-state index contributed by atoms with van der Waals surface area (Å²) in [6.45, 7) is 4.82. The van der Waals surface area contributed by atoms with Crippen LogP contribution in [0.4, 0.5) is 5.82 Å². The van der Waals surface area contributed by atoms with Gasteiger partial charge in [-0.25, -0.2) is 4.98 Å². The number of aromatic nitrogens is 2. The van der Waals surface area contributed by atoms with Crippen molar-refractivity contribution < 1.29 is 4.79 Å². The van der Waals surface area contributed by atoms with Gasteiger partial charge >= 0.3 is 0 Å². The predicted molar refractivity (Wildman–Crippen MR) is 109 cm³/mol. The van der Waals surface area contributed by atoms with Crippen LogP contribution in [0.15, 0.2) is 48.7 Å². The fraction of sp³-hybridized carbons (Fsp3) is 0.364. The zero-order valence-electron chi connectivity index (χ0n) is 16.0. The van der Waals surface area contributed by atoms with Crippen molar-refractivity contribution in [3.8, 4) is 0 Å². The average molecular weight is 362 g/mol. The third-order valence-electron chi connectivity index (χ3n) is 5.51. The topological polar surface area (TPSA) is 52.2 Å². The molecule has 0 radical (unpaired) electrons. The van der Waals surface area contributed by atoms with Crippen LogP contribution < -0.4 is 4.90 Å². The number of aryl methyl sites for hydroxylation is 1. The zero-order valence-corrected chi connectivity index (χ0v) is 16.0. The second kappa shape index (κ2) is 7.53. The van der Waals surface area contributed by atoms with E-state index in [0.29, 0.717) is 5.82 Å². The monoisotopic (exact) mass is 362 g/mol. The molecular formula is C22H26N4O. The summed E-state index contributed by atoms with van der Waals surface area (Å²) in [6.07, 6.45) is 3.72. The smallest absolute Gasteiger partial charge is 0.232 e. The Labute approximate surface area is 160 Å². The Hall–Kier alpha value is -2.66. The molecule has 1 aromatic carbocycles. The van der Waals surface area contributed by atoms with E-state index in [1.54, 1.807) is 11.1 Å². The number of benzene rings is 1. The Morgan fingerprint density at radius 3 is 2.96 bits per heavy atom. The number of anilines is 1. The molecule has 1 saturated heterocycles. The van der Waals surface area contributed by atoms with Crippen molar-refractivity contribution in [3.63, 3.8) is 0 Å². The number of hydrogen-bond acceptors (Lipinski definition) is 3. The highest BCUT2D eigenvalue weighted by Crippen LogP contribution is 2.24. The van der Waals surface area contributed by atoms with E-state index < -0.39 is 0 Å². The molecule has 1 N–H and O–H groups in total. The van der Waals surface area contributed by atoms with E-state index in [1.165, 1.54) is 22.2 Å². The molecule has 3 heterocycles. The molecule has 0 spiro atoms. The number of fused-ring (bicyclic) bond motifs is 1. The van der Waals surface area contributed by atoms with Crippen LogP contribution in [-0.4, -0.2) is 40.9 Å². The maximum atomic E-state index is 12.9. The van der Waals surface area contributed by atoms with E-state index in [2.05, 4.69) is 46.1 Å². The molecule has 0 aliphatic carbocycles. The first kappa shape index (κ1) is 17.7. The van der Waals surface area contributed by atoms with Crippen LogP contribution in [-0.2, 0) is 11.3 Å². The van der Waals surface area contributed by atoms with Crippen LogP contribution in [0.5, 0.6) is 0 Å². The van der Waals surface area contributed by atoms with E-state index in [0.717, 1.165) is 32.5 Å². The van der Waals surface area contributed by atoms with Crippen LogP contribution in [0.1, 0.15) is 24.1 Å². The maximum absolute atomic E-state index is 12.9. The first-order valence-corrected chi connectivity index (χ1v) is 9.60. The van der Waals surface area contributed by atoms with Crippen molar-refractivity contribution in [3.05, 3.63) is 59.9 Å². The summed E-state index contributed by atoms with van der Waals surface area (Å²) in [6, 6.07) is 14.3. The second-order valence-corrected chi connectivity index (χ2v) is 7.49. The Balaban J connectivity index is 1.44. The number of hydrogen-bond donors (Lipinski definition) is 1. The SMILES string of the molecule is Cc1cccc2[nH]c(CN3CCCC(C(=O)N(C)c4ccccn4)C3)cc12. The second-order valence-electron chi connectivity index (χ2n) is 7.49.